The zero-order chi connectivity index (χ0) is 14.2. The van der Waals surface area contributed by atoms with E-state index in [2.05, 4.69) is 10.3 Å². The fourth-order valence-corrected chi connectivity index (χ4v) is 2.06. The van der Waals surface area contributed by atoms with Crippen LogP contribution in [0.5, 0.6) is 0 Å². The van der Waals surface area contributed by atoms with Crippen molar-refractivity contribution >= 4 is 11.6 Å². The van der Waals surface area contributed by atoms with Gasteiger partial charge in [0.05, 0.1) is 18.4 Å². The quantitative estimate of drug-likeness (QED) is 0.727. The van der Waals surface area contributed by atoms with Crippen molar-refractivity contribution in [1.29, 1.82) is 0 Å². The molecule has 1 amide bonds. The smallest absolute Gasteiger partial charge is 0.272 e. The molecule has 6 heteroatoms. The Labute approximate surface area is 118 Å². The zero-order valence-electron chi connectivity index (χ0n) is 11.5. The Kier molecular flexibility index (Phi) is 5.76. The van der Waals surface area contributed by atoms with Gasteiger partial charge < -0.3 is 20.5 Å². The summed E-state index contributed by atoms with van der Waals surface area (Å²) < 4.78 is 11.0. The molecule has 0 bridgehead atoms. The summed E-state index contributed by atoms with van der Waals surface area (Å²) in [6, 6.07) is 3.36. The van der Waals surface area contributed by atoms with Gasteiger partial charge in [0, 0.05) is 26.0 Å². The Balaban J connectivity index is 1.56. The standard InChI is InChI=1S/C14H21N3O3/c15-12-5-1-6-16-13(12)14(18)17-7-3-8-19-10-11-4-2-9-20-11/h1,5-6,11H,2-4,7-10,15H2,(H,17,18). The van der Waals surface area contributed by atoms with Crippen LogP contribution in [0.3, 0.4) is 0 Å². The molecule has 0 spiro atoms. The van der Waals surface area contributed by atoms with Crippen LogP contribution in [-0.4, -0.2) is 43.4 Å². The van der Waals surface area contributed by atoms with E-state index >= 15 is 0 Å². The molecule has 0 radical (unpaired) electrons. The van der Waals surface area contributed by atoms with E-state index < -0.39 is 0 Å². The van der Waals surface area contributed by atoms with E-state index in [0.29, 0.717) is 25.4 Å². The van der Waals surface area contributed by atoms with Gasteiger partial charge in [0.15, 0.2) is 5.69 Å². The molecule has 1 aromatic heterocycles. The molecule has 1 aromatic rings. The highest BCUT2D eigenvalue weighted by atomic mass is 16.5. The third kappa shape index (κ3) is 4.47. The molecule has 0 aromatic carbocycles. The van der Waals surface area contributed by atoms with Gasteiger partial charge in [0.2, 0.25) is 0 Å². The number of nitrogens with one attached hydrogen (secondary N) is 1. The number of pyridine rings is 1. The van der Waals surface area contributed by atoms with Gasteiger partial charge in [-0.2, -0.15) is 0 Å². The predicted molar refractivity (Wildman–Crippen MR) is 75.4 cm³/mol. The van der Waals surface area contributed by atoms with Gasteiger partial charge >= 0.3 is 0 Å². The molecule has 6 nitrogen and oxygen atoms in total. The van der Waals surface area contributed by atoms with Crippen LogP contribution in [0.15, 0.2) is 18.3 Å². The van der Waals surface area contributed by atoms with Crippen molar-refractivity contribution in [2.24, 2.45) is 0 Å². The van der Waals surface area contributed by atoms with Gasteiger partial charge in [-0.25, -0.2) is 4.98 Å². The molecule has 1 aliphatic heterocycles. The maximum absolute atomic E-state index is 11.8. The van der Waals surface area contributed by atoms with Crippen LogP contribution in [0, 0.1) is 0 Å². The summed E-state index contributed by atoms with van der Waals surface area (Å²) in [5.41, 5.74) is 6.34. The third-order valence-electron chi connectivity index (χ3n) is 3.13. The lowest BCUT2D eigenvalue weighted by Crippen LogP contribution is -2.27. The largest absolute Gasteiger partial charge is 0.397 e. The van der Waals surface area contributed by atoms with Gasteiger partial charge in [-0.1, -0.05) is 0 Å². The highest BCUT2D eigenvalue weighted by Crippen LogP contribution is 2.11. The number of anilines is 1. The van der Waals surface area contributed by atoms with Crippen molar-refractivity contribution in [2.75, 3.05) is 32.1 Å². The highest BCUT2D eigenvalue weighted by molar-refractivity contribution is 5.96. The van der Waals surface area contributed by atoms with E-state index in [-0.39, 0.29) is 17.7 Å². The van der Waals surface area contributed by atoms with Crippen molar-refractivity contribution in [1.82, 2.24) is 10.3 Å². The Hall–Kier alpha value is -1.66. The summed E-state index contributed by atoms with van der Waals surface area (Å²) in [6.45, 7) is 2.63. The minimum atomic E-state index is -0.248. The maximum Gasteiger partial charge on any atom is 0.272 e. The molecule has 110 valence electrons. The summed E-state index contributed by atoms with van der Waals surface area (Å²) in [5.74, 6) is -0.248. The molecule has 1 saturated heterocycles. The summed E-state index contributed by atoms with van der Waals surface area (Å²) in [6.07, 6.45) is 4.75. The molecule has 1 atom stereocenters. The molecular weight excluding hydrogens is 258 g/mol. The van der Waals surface area contributed by atoms with E-state index in [9.17, 15) is 4.79 Å². The van der Waals surface area contributed by atoms with Crippen LogP contribution in [0.2, 0.25) is 0 Å². The summed E-state index contributed by atoms with van der Waals surface area (Å²) in [4.78, 5) is 15.8. The number of carbonyl (C=O) groups excluding carboxylic acids is 1. The number of nitrogens with zero attached hydrogens (tertiary/aromatic N) is 1. The number of ether oxygens (including phenoxy) is 2. The lowest BCUT2D eigenvalue weighted by molar-refractivity contribution is 0.0166. The van der Waals surface area contributed by atoms with E-state index in [0.717, 1.165) is 25.9 Å². The number of aromatic nitrogens is 1. The molecule has 1 aliphatic rings. The van der Waals surface area contributed by atoms with Crippen molar-refractivity contribution in [3.8, 4) is 0 Å². The van der Waals surface area contributed by atoms with Crippen molar-refractivity contribution < 1.29 is 14.3 Å². The second-order valence-corrected chi connectivity index (χ2v) is 4.76. The first-order valence-electron chi connectivity index (χ1n) is 6.95. The van der Waals surface area contributed by atoms with Crippen LogP contribution in [0.25, 0.3) is 0 Å². The van der Waals surface area contributed by atoms with Crippen LogP contribution in [-0.2, 0) is 9.47 Å². The van der Waals surface area contributed by atoms with Gasteiger partial charge in [-0.05, 0) is 31.4 Å². The van der Waals surface area contributed by atoms with Gasteiger partial charge in [0.1, 0.15) is 0 Å². The zero-order valence-corrected chi connectivity index (χ0v) is 11.5. The van der Waals surface area contributed by atoms with Crippen LogP contribution in [0.4, 0.5) is 5.69 Å². The first-order chi connectivity index (χ1) is 9.77. The Bertz CT molecular complexity index is 433. The Morgan fingerprint density at radius 2 is 2.50 bits per heavy atom. The average molecular weight is 279 g/mol. The normalized spacial score (nSPS) is 18.1. The highest BCUT2D eigenvalue weighted by Gasteiger charge is 2.15. The molecule has 2 heterocycles. The monoisotopic (exact) mass is 279 g/mol. The first-order valence-corrected chi connectivity index (χ1v) is 6.95. The fraction of sp³-hybridized carbons (Fsp3) is 0.571. The van der Waals surface area contributed by atoms with Crippen molar-refractivity contribution in [3.63, 3.8) is 0 Å². The lowest BCUT2D eigenvalue weighted by atomic mass is 10.2. The van der Waals surface area contributed by atoms with Gasteiger partial charge in [-0.15, -0.1) is 0 Å². The number of rotatable bonds is 7. The van der Waals surface area contributed by atoms with E-state index in [4.69, 9.17) is 15.2 Å². The molecule has 0 aliphatic carbocycles. The second kappa shape index (κ2) is 7.81. The van der Waals surface area contributed by atoms with Crippen LogP contribution in [0.1, 0.15) is 29.8 Å². The van der Waals surface area contributed by atoms with E-state index in [1.807, 2.05) is 0 Å². The molecule has 3 N–H and O–H groups in total. The lowest BCUT2D eigenvalue weighted by Gasteiger charge is -2.10. The average Bonchev–Trinajstić information content (AvgIpc) is 2.96. The van der Waals surface area contributed by atoms with Crippen LogP contribution >= 0.6 is 0 Å². The topological polar surface area (TPSA) is 86.5 Å². The SMILES string of the molecule is Nc1cccnc1C(=O)NCCCOCC1CCCO1. The molecular formula is C14H21N3O3. The molecule has 2 rings (SSSR count). The summed E-state index contributed by atoms with van der Waals surface area (Å²) in [5, 5.41) is 2.78. The van der Waals surface area contributed by atoms with E-state index in [1.54, 1.807) is 18.3 Å². The third-order valence-corrected chi connectivity index (χ3v) is 3.13. The van der Waals surface area contributed by atoms with E-state index in [1.165, 1.54) is 0 Å². The number of hydrogen-bond acceptors (Lipinski definition) is 5. The molecule has 20 heavy (non-hydrogen) atoms. The van der Waals surface area contributed by atoms with Gasteiger partial charge in [0.25, 0.3) is 5.91 Å². The minimum absolute atomic E-state index is 0.248. The number of amides is 1. The minimum Gasteiger partial charge on any atom is -0.397 e. The Morgan fingerprint density at radius 1 is 1.60 bits per heavy atom. The van der Waals surface area contributed by atoms with Crippen molar-refractivity contribution in [2.45, 2.75) is 25.4 Å². The maximum atomic E-state index is 11.8. The van der Waals surface area contributed by atoms with Gasteiger partial charge in [-0.3, -0.25) is 4.79 Å². The fourth-order valence-electron chi connectivity index (χ4n) is 2.06. The number of hydrogen-bond donors (Lipinski definition) is 2. The van der Waals surface area contributed by atoms with Crippen molar-refractivity contribution in [3.05, 3.63) is 24.0 Å². The summed E-state index contributed by atoms with van der Waals surface area (Å²) >= 11 is 0. The second-order valence-electron chi connectivity index (χ2n) is 4.76. The summed E-state index contributed by atoms with van der Waals surface area (Å²) in [7, 11) is 0. The molecule has 1 unspecified atom stereocenters. The molecule has 0 saturated carbocycles. The predicted octanol–water partition coefficient (Wildman–Crippen LogP) is 0.979. The first kappa shape index (κ1) is 14.7. The molecule has 1 fully saturated rings. The number of nitrogens with two attached hydrogens (primary N) is 1. The number of nitrogen functional groups attached to an aromatic ring is 1. The number of carbonyl (C=O) groups is 1. The Morgan fingerprint density at radius 3 is 3.25 bits per heavy atom. The van der Waals surface area contributed by atoms with Crippen LogP contribution < -0.4 is 11.1 Å².